The molecule has 0 saturated carbocycles. The van der Waals surface area contributed by atoms with Crippen LogP contribution < -0.4 is 5.32 Å². The third-order valence-corrected chi connectivity index (χ3v) is 3.30. The third kappa shape index (κ3) is 3.23. The maximum absolute atomic E-state index is 11.8. The van der Waals surface area contributed by atoms with E-state index in [0.29, 0.717) is 19.0 Å². The monoisotopic (exact) mass is 248 g/mol. The molecule has 4 nitrogen and oxygen atoms in total. The van der Waals surface area contributed by atoms with Gasteiger partial charge in [-0.15, -0.1) is 6.58 Å². The van der Waals surface area contributed by atoms with E-state index < -0.39 is 0 Å². The zero-order valence-corrected chi connectivity index (χ0v) is 10.6. The van der Waals surface area contributed by atoms with Gasteiger partial charge in [0.1, 0.15) is 5.76 Å². The first kappa shape index (κ1) is 12.9. The Balaban J connectivity index is 1.85. The van der Waals surface area contributed by atoms with E-state index in [1.54, 1.807) is 6.26 Å². The summed E-state index contributed by atoms with van der Waals surface area (Å²) in [5.74, 6) is 1.09. The van der Waals surface area contributed by atoms with Crippen LogP contribution in [0.25, 0.3) is 0 Å². The first-order chi connectivity index (χ1) is 8.81. The molecule has 18 heavy (non-hydrogen) atoms. The van der Waals surface area contributed by atoms with E-state index in [1.807, 2.05) is 23.1 Å². The topological polar surface area (TPSA) is 45.5 Å². The Labute approximate surface area is 108 Å². The highest BCUT2D eigenvalue weighted by molar-refractivity contribution is 5.78. The molecule has 4 heteroatoms. The maximum Gasteiger partial charge on any atom is 0.223 e. The Kier molecular flexibility index (Phi) is 4.59. The van der Waals surface area contributed by atoms with Gasteiger partial charge in [-0.2, -0.15) is 0 Å². The van der Waals surface area contributed by atoms with Gasteiger partial charge in [0.05, 0.1) is 12.8 Å². The van der Waals surface area contributed by atoms with Crippen molar-refractivity contribution in [2.24, 2.45) is 0 Å². The van der Waals surface area contributed by atoms with E-state index in [9.17, 15) is 4.79 Å². The maximum atomic E-state index is 11.8. The van der Waals surface area contributed by atoms with Crippen LogP contribution in [0.3, 0.4) is 0 Å². The fourth-order valence-corrected chi connectivity index (χ4v) is 2.35. The van der Waals surface area contributed by atoms with E-state index in [-0.39, 0.29) is 5.91 Å². The Hall–Kier alpha value is -1.55. The Morgan fingerprint density at radius 1 is 1.61 bits per heavy atom. The Bertz CT molecular complexity index is 387. The minimum absolute atomic E-state index is 0.236. The first-order valence-electron chi connectivity index (χ1n) is 6.44. The molecule has 1 amide bonds. The fraction of sp³-hybridized carbons (Fsp3) is 0.500. The van der Waals surface area contributed by atoms with Gasteiger partial charge in [-0.25, -0.2) is 0 Å². The number of furan rings is 1. The largest absolute Gasteiger partial charge is 0.467 e. The van der Waals surface area contributed by atoms with Crippen LogP contribution in [0.5, 0.6) is 0 Å². The van der Waals surface area contributed by atoms with Crippen LogP contribution in [0.2, 0.25) is 0 Å². The van der Waals surface area contributed by atoms with E-state index >= 15 is 0 Å². The second-order valence-corrected chi connectivity index (χ2v) is 4.57. The summed E-state index contributed by atoms with van der Waals surface area (Å²) >= 11 is 0. The van der Waals surface area contributed by atoms with Crippen LogP contribution in [-0.2, 0) is 11.3 Å². The standard InChI is InChI=1S/C14H20N2O2/c1-2-8-15-9-7-12-5-6-14(17)16(12)11-13-4-3-10-18-13/h2-4,10,12,15H,1,5-9,11H2. The number of likely N-dealkylation sites (tertiary alicyclic amines) is 1. The lowest BCUT2D eigenvalue weighted by molar-refractivity contribution is -0.129. The number of rotatable bonds is 7. The smallest absolute Gasteiger partial charge is 0.223 e. The molecule has 98 valence electrons. The van der Waals surface area contributed by atoms with Gasteiger partial charge in [0.25, 0.3) is 0 Å². The van der Waals surface area contributed by atoms with Gasteiger partial charge in [-0.1, -0.05) is 6.08 Å². The van der Waals surface area contributed by atoms with Crippen molar-refractivity contribution in [1.82, 2.24) is 10.2 Å². The van der Waals surface area contributed by atoms with Crippen molar-refractivity contribution in [3.63, 3.8) is 0 Å². The van der Waals surface area contributed by atoms with Gasteiger partial charge in [0, 0.05) is 19.0 Å². The second-order valence-electron chi connectivity index (χ2n) is 4.57. The average Bonchev–Trinajstić information content (AvgIpc) is 2.99. The van der Waals surface area contributed by atoms with Gasteiger partial charge < -0.3 is 14.6 Å². The zero-order valence-electron chi connectivity index (χ0n) is 10.6. The van der Waals surface area contributed by atoms with Crippen molar-refractivity contribution >= 4 is 5.91 Å². The molecule has 0 radical (unpaired) electrons. The highest BCUT2D eigenvalue weighted by Crippen LogP contribution is 2.23. The SMILES string of the molecule is C=CCNCCC1CCC(=O)N1Cc1ccco1. The number of hydrogen-bond acceptors (Lipinski definition) is 3. The molecule has 1 aliphatic heterocycles. The zero-order chi connectivity index (χ0) is 12.8. The number of amides is 1. The van der Waals surface area contributed by atoms with Crippen LogP contribution in [-0.4, -0.2) is 29.9 Å². The van der Waals surface area contributed by atoms with Crippen molar-refractivity contribution < 1.29 is 9.21 Å². The average molecular weight is 248 g/mol. The summed E-state index contributed by atoms with van der Waals surface area (Å²) in [6.45, 7) is 6.00. The summed E-state index contributed by atoms with van der Waals surface area (Å²) in [4.78, 5) is 13.8. The predicted molar refractivity (Wildman–Crippen MR) is 70.0 cm³/mol. The molecule has 2 rings (SSSR count). The van der Waals surface area contributed by atoms with Gasteiger partial charge in [0.2, 0.25) is 5.91 Å². The molecule has 0 spiro atoms. The fourth-order valence-electron chi connectivity index (χ4n) is 2.35. The highest BCUT2D eigenvalue weighted by Gasteiger charge is 2.30. The summed E-state index contributed by atoms with van der Waals surface area (Å²) in [6.07, 6.45) is 6.10. The Morgan fingerprint density at radius 2 is 2.50 bits per heavy atom. The number of carbonyl (C=O) groups excluding carboxylic acids is 1. The molecule has 1 aromatic rings. The molecule has 1 unspecified atom stereocenters. The molecule has 1 N–H and O–H groups in total. The summed E-state index contributed by atoms with van der Waals surface area (Å²) in [5.41, 5.74) is 0. The number of nitrogens with zero attached hydrogens (tertiary/aromatic N) is 1. The third-order valence-electron chi connectivity index (χ3n) is 3.30. The van der Waals surface area contributed by atoms with Crippen molar-refractivity contribution in [3.8, 4) is 0 Å². The van der Waals surface area contributed by atoms with Crippen molar-refractivity contribution in [3.05, 3.63) is 36.8 Å². The van der Waals surface area contributed by atoms with Gasteiger partial charge >= 0.3 is 0 Å². The van der Waals surface area contributed by atoms with Gasteiger partial charge in [0.15, 0.2) is 0 Å². The lowest BCUT2D eigenvalue weighted by Crippen LogP contribution is -2.34. The van der Waals surface area contributed by atoms with E-state index in [0.717, 1.165) is 31.7 Å². The number of hydrogen-bond donors (Lipinski definition) is 1. The summed E-state index contributed by atoms with van der Waals surface area (Å²) in [7, 11) is 0. The minimum atomic E-state index is 0.236. The van der Waals surface area contributed by atoms with E-state index in [4.69, 9.17) is 4.42 Å². The molecule has 1 aliphatic rings. The van der Waals surface area contributed by atoms with Gasteiger partial charge in [-0.3, -0.25) is 4.79 Å². The normalized spacial score (nSPS) is 19.4. The molecule has 2 heterocycles. The number of nitrogens with one attached hydrogen (secondary N) is 1. The van der Waals surface area contributed by atoms with Crippen molar-refractivity contribution in [1.29, 1.82) is 0 Å². The summed E-state index contributed by atoms with van der Waals surface area (Å²) in [6, 6.07) is 4.11. The van der Waals surface area contributed by atoms with Crippen molar-refractivity contribution in [2.75, 3.05) is 13.1 Å². The number of carbonyl (C=O) groups is 1. The summed E-state index contributed by atoms with van der Waals surface area (Å²) < 4.78 is 5.31. The van der Waals surface area contributed by atoms with Crippen molar-refractivity contribution in [2.45, 2.75) is 31.8 Å². The lowest BCUT2D eigenvalue weighted by atomic mass is 10.1. The Morgan fingerprint density at radius 3 is 3.22 bits per heavy atom. The molecule has 1 fully saturated rings. The van der Waals surface area contributed by atoms with Crippen LogP contribution in [0, 0.1) is 0 Å². The summed E-state index contributed by atoms with van der Waals surface area (Å²) in [5, 5.41) is 3.28. The molecule has 1 atom stereocenters. The van der Waals surface area contributed by atoms with Crippen LogP contribution in [0.1, 0.15) is 25.0 Å². The first-order valence-corrected chi connectivity index (χ1v) is 6.44. The lowest BCUT2D eigenvalue weighted by Gasteiger charge is -2.23. The molecule has 0 aromatic carbocycles. The van der Waals surface area contributed by atoms with Crippen LogP contribution in [0.4, 0.5) is 0 Å². The predicted octanol–water partition coefficient (Wildman–Crippen LogP) is 1.94. The van der Waals surface area contributed by atoms with Crippen LogP contribution in [0.15, 0.2) is 35.5 Å². The second kappa shape index (κ2) is 6.40. The molecule has 0 bridgehead atoms. The van der Waals surface area contributed by atoms with Crippen LogP contribution >= 0.6 is 0 Å². The van der Waals surface area contributed by atoms with Gasteiger partial charge in [-0.05, 0) is 31.5 Å². The van der Waals surface area contributed by atoms with E-state index in [1.165, 1.54) is 0 Å². The highest BCUT2D eigenvalue weighted by atomic mass is 16.3. The molecular weight excluding hydrogens is 228 g/mol. The molecule has 1 saturated heterocycles. The molecule has 0 aliphatic carbocycles. The van der Waals surface area contributed by atoms with E-state index in [2.05, 4.69) is 11.9 Å². The minimum Gasteiger partial charge on any atom is -0.467 e. The molecule has 1 aromatic heterocycles. The quantitative estimate of drug-likeness (QED) is 0.592. The molecular formula is C14H20N2O2.